The van der Waals surface area contributed by atoms with E-state index in [4.69, 9.17) is 4.74 Å². The van der Waals surface area contributed by atoms with Gasteiger partial charge in [-0.3, -0.25) is 0 Å². The largest absolute Gasteiger partial charge is 0.497 e. The van der Waals surface area contributed by atoms with Crippen LogP contribution in [0.2, 0.25) is 0 Å². The predicted octanol–water partition coefficient (Wildman–Crippen LogP) is 3.39. The first-order valence-corrected chi connectivity index (χ1v) is 5.48. The first-order valence-electron chi connectivity index (χ1n) is 5.48. The highest BCUT2D eigenvalue weighted by Gasteiger charge is 2.29. The van der Waals surface area contributed by atoms with E-state index in [0.717, 1.165) is 12.2 Å². The molecule has 0 amide bonds. The quantitative estimate of drug-likeness (QED) is 0.758. The summed E-state index contributed by atoms with van der Waals surface area (Å²) < 4.78 is 5.25. The first kappa shape index (κ1) is 10.3. The van der Waals surface area contributed by atoms with Crippen molar-refractivity contribution in [1.82, 2.24) is 0 Å². The number of hydrogen-bond acceptors (Lipinski definition) is 2. The Hall–Kier alpha value is -1.18. The molecule has 2 nitrogen and oxygen atoms in total. The third-order valence-corrected chi connectivity index (χ3v) is 3.08. The Morgan fingerprint density at radius 3 is 2.80 bits per heavy atom. The summed E-state index contributed by atoms with van der Waals surface area (Å²) in [6, 6.07) is 6.27. The first-order chi connectivity index (χ1) is 7.02. The van der Waals surface area contributed by atoms with Crippen molar-refractivity contribution in [2.75, 3.05) is 12.4 Å². The highest BCUT2D eigenvalue weighted by molar-refractivity contribution is 5.59. The van der Waals surface area contributed by atoms with Crippen LogP contribution in [0.25, 0.3) is 0 Å². The van der Waals surface area contributed by atoms with Crippen molar-refractivity contribution < 1.29 is 4.74 Å². The lowest BCUT2D eigenvalue weighted by Crippen LogP contribution is -2.36. The third-order valence-electron chi connectivity index (χ3n) is 3.08. The van der Waals surface area contributed by atoms with E-state index in [-0.39, 0.29) is 5.54 Å². The molecule has 1 atom stereocenters. The molecule has 1 heterocycles. The van der Waals surface area contributed by atoms with Gasteiger partial charge in [-0.25, -0.2) is 0 Å². The molecule has 1 aromatic rings. The van der Waals surface area contributed by atoms with Gasteiger partial charge in [-0.15, -0.1) is 0 Å². The molecule has 2 heteroatoms. The van der Waals surface area contributed by atoms with Gasteiger partial charge in [0.15, 0.2) is 0 Å². The zero-order valence-corrected chi connectivity index (χ0v) is 9.92. The molecule has 1 aliphatic rings. The van der Waals surface area contributed by atoms with E-state index in [1.54, 1.807) is 7.11 Å². The van der Waals surface area contributed by atoms with Gasteiger partial charge in [-0.1, -0.05) is 6.92 Å². The SMILES string of the molecule is COc1ccc2c(c1)[C@H](C)CC(C)(C)N2. The number of methoxy groups -OCH3 is 1. The number of anilines is 1. The van der Waals surface area contributed by atoms with Gasteiger partial charge in [-0.05, 0) is 49.9 Å². The van der Waals surface area contributed by atoms with E-state index >= 15 is 0 Å². The van der Waals surface area contributed by atoms with Gasteiger partial charge in [0.25, 0.3) is 0 Å². The Kier molecular flexibility index (Phi) is 2.37. The minimum atomic E-state index is 0.195. The molecule has 15 heavy (non-hydrogen) atoms. The summed E-state index contributed by atoms with van der Waals surface area (Å²) in [7, 11) is 1.71. The summed E-state index contributed by atoms with van der Waals surface area (Å²) in [5.41, 5.74) is 2.81. The average Bonchev–Trinajstić information content (AvgIpc) is 2.15. The Morgan fingerprint density at radius 2 is 2.13 bits per heavy atom. The number of ether oxygens (including phenoxy) is 1. The molecule has 0 aromatic heterocycles. The van der Waals surface area contributed by atoms with Gasteiger partial charge in [0.2, 0.25) is 0 Å². The van der Waals surface area contributed by atoms with Crippen molar-refractivity contribution in [2.24, 2.45) is 0 Å². The molecule has 0 aliphatic carbocycles. The topological polar surface area (TPSA) is 21.3 Å². The molecule has 0 unspecified atom stereocenters. The number of fused-ring (bicyclic) bond motifs is 1. The van der Waals surface area contributed by atoms with Crippen LogP contribution in [0.1, 0.15) is 38.7 Å². The standard InChI is InChI=1S/C13H19NO/c1-9-8-13(2,3)14-12-6-5-10(15-4)7-11(9)12/h5-7,9,14H,8H2,1-4H3/t9-/m1/s1. The Morgan fingerprint density at radius 1 is 1.40 bits per heavy atom. The van der Waals surface area contributed by atoms with Crippen molar-refractivity contribution in [3.8, 4) is 5.75 Å². The highest BCUT2D eigenvalue weighted by atomic mass is 16.5. The molecule has 0 saturated carbocycles. The second-order valence-corrected chi connectivity index (χ2v) is 5.07. The molecule has 1 aromatic carbocycles. The highest BCUT2D eigenvalue weighted by Crippen LogP contribution is 2.39. The lowest BCUT2D eigenvalue weighted by molar-refractivity contribution is 0.410. The maximum atomic E-state index is 5.25. The van der Waals surface area contributed by atoms with E-state index in [0.29, 0.717) is 5.92 Å². The molecular formula is C13H19NO. The van der Waals surface area contributed by atoms with E-state index < -0.39 is 0 Å². The van der Waals surface area contributed by atoms with Crippen LogP contribution in [0.5, 0.6) is 5.75 Å². The number of benzene rings is 1. The molecule has 0 spiro atoms. The van der Waals surface area contributed by atoms with Gasteiger partial charge in [0.1, 0.15) is 5.75 Å². The fourth-order valence-electron chi connectivity index (χ4n) is 2.48. The van der Waals surface area contributed by atoms with E-state index in [1.807, 2.05) is 6.07 Å². The maximum absolute atomic E-state index is 5.25. The predicted molar refractivity (Wildman–Crippen MR) is 63.7 cm³/mol. The van der Waals surface area contributed by atoms with Crippen LogP contribution in [0.15, 0.2) is 18.2 Å². The van der Waals surface area contributed by atoms with Crippen LogP contribution in [-0.4, -0.2) is 12.6 Å². The Labute approximate surface area is 91.6 Å². The maximum Gasteiger partial charge on any atom is 0.119 e. The second kappa shape index (κ2) is 3.44. The summed E-state index contributed by atoms with van der Waals surface area (Å²) in [4.78, 5) is 0. The molecule has 1 N–H and O–H groups in total. The van der Waals surface area contributed by atoms with Gasteiger partial charge >= 0.3 is 0 Å². The summed E-state index contributed by atoms with van der Waals surface area (Å²) in [6.07, 6.45) is 1.16. The van der Waals surface area contributed by atoms with Crippen LogP contribution >= 0.6 is 0 Å². The molecule has 2 rings (SSSR count). The summed E-state index contributed by atoms with van der Waals surface area (Å²) in [6.45, 7) is 6.77. The molecule has 0 bridgehead atoms. The van der Waals surface area contributed by atoms with E-state index in [9.17, 15) is 0 Å². The lowest BCUT2D eigenvalue weighted by Gasteiger charge is -2.37. The van der Waals surface area contributed by atoms with E-state index in [1.165, 1.54) is 11.3 Å². The monoisotopic (exact) mass is 205 g/mol. The van der Waals surface area contributed by atoms with Crippen molar-refractivity contribution in [1.29, 1.82) is 0 Å². The number of nitrogens with one attached hydrogen (secondary N) is 1. The smallest absolute Gasteiger partial charge is 0.119 e. The van der Waals surface area contributed by atoms with Gasteiger partial charge in [-0.2, -0.15) is 0 Å². The zero-order chi connectivity index (χ0) is 11.1. The molecule has 1 aliphatic heterocycles. The van der Waals surface area contributed by atoms with Crippen molar-refractivity contribution in [2.45, 2.75) is 38.6 Å². The average molecular weight is 205 g/mol. The second-order valence-electron chi connectivity index (χ2n) is 5.07. The number of rotatable bonds is 1. The number of hydrogen-bond donors (Lipinski definition) is 1. The van der Waals surface area contributed by atoms with Crippen molar-refractivity contribution in [3.63, 3.8) is 0 Å². The molecule has 0 fully saturated rings. The Balaban J connectivity index is 2.41. The molecular weight excluding hydrogens is 186 g/mol. The normalized spacial score (nSPS) is 22.8. The van der Waals surface area contributed by atoms with Gasteiger partial charge < -0.3 is 10.1 Å². The van der Waals surface area contributed by atoms with Gasteiger partial charge in [0, 0.05) is 11.2 Å². The Bertz CT molecular complexity index is 371. The van der Waals surface area contributed by atoms with Gasteiger partial charge in [0.05, 0.1) is 7.11 Å². The van der Waals surface area contributed by atoms with Crippen molar-refractivity contribution in [3.05, 3.63) is 23.8 Å². The molecule has 0 saturated heterocycles. The van der Waals surface area contributed by atoms with Crippen molar-refractivity contribution >= 4 is 5.69 Å². The van der Waals surface area contributed by atoms with Crippen LogP contribution in [0.3, 0.4) is 0 Å². The summed E-state index contributed by atoms with van der Waals surface area (Å²) >= 11 is 0. The molecule has 82 valence electrons. The summed E-state index contributed by atoms with van der Waals surface area (Å²) in [5.74, 6) is 1.54. The molecule has 0 radical (unpaired) electrons. The zero-order valence-electron chi connectivity index (χ0n) is 9.92. The minimum absolute atomic E-state index is 0.195. The van der Waals surface area contributed by atoms with E-state index in [2.05, 4.69) is 38.2 Å². The fraction of sp³-hybridized carbons (Fsp3) is 0.538. The fourth-order valence-corrected chi connectivity index (χ4v) is 2.48. The third kappa shape index (κ3) is 1.94. The van der Waals surface area contributed by atoms with Crippen LogP contribution in [0, 0.1) is 0 Å². The minimum Gasteiger partial charge on any atom is -0.497 e. The summed E-state index contributed by atoms with van der Waals surface area (Å²) in [5, 5.41) is 3.56. The van der Waals surface area contributed by atoms with Crippen LogP contribution < -0.4 is 10.1 Å². The van der Waals surface area contributed by atoms with Crippen LogP contribution in [0.4, 0.5) is 5.69 Å². The lowest BCUT2D eigenvalue weighted by atomic mass is 9.82. The van der Waals surface area contributed by atoms with Crippen LogP contribution in [-0.2, 0) is 0 Å².